The lowest BCUT2D eigenvalue weighted by molar-refractivity contribution is -0.133. The maximum absolute atomic E-state index is 11.1. The van der Waals surface area contributed by atoms with Crippen molar-refractivity contribution in [3.05, 3.63) is 41.3 Å². The van der Waals surface area contributed by atoms with Crippen LogP contribution in [0.4, 0.5) is 0 Å². The van der Waals surface area contributed by atoms with Crippen molar-refractivity contribution in [2.24, 2.45) is 0 Å². The van der Waals surface area contributed by atoms with Gasteiger partial charge >= 0.3 is 0 Å². The molecule has 0 unspecified atom stereocenters. The molecule has 0 radical (unpaired) electrons. The number of rotatable bonds is 0. The minimum Gasteiger partial charge on any atom is -0.318 e. The largest absolute Gasteiger partial charge is 0.318 e. The number of allylic oxidation sites excluding steroid dienone is 4. The first-order valence-electron chi connectivity index (χ1n) is 3.48. The zero-order valence-corrected chi connectivity index (χ0v) is 6.13. The van der Waals surface area contributed by atoms with Gasteiger partial charge < -0.3 is 5.32 Å². The Morgan fingerprint density at radius 1 is 1.17 bits per heavy atom. The number of carbonyl (C=O) groups is 2. The first-order chi connectivity index (χ1) is 5.79. The fraction of sp³-hybridized carbons (Fsp3) is 0. The zero-order chi connectivity index (χ0) is 8.55. The number of amides is 1. The predicted octanol–water partition coefficient (Wildman–Crippen LogP) is 0.220. The van der Waals surface area contributed by atoms with Crippen LogP contribution in [0.1, 0.15) is 0 Å². The number of hydrogen-bond donors (Lipinski definition) is 1. The Morgan fingerprint density at radius 3 is 2.75 bits per heavy atom. The van der Waals surface area contributed by atoms with Gasteiger partial charge in [0.15, 0.2) is 0 Å². The molecule has 58 valence electrons. The topological polar surface area (TPSA) is 46.2 Å². The molecule has 0 bridgehead atoms. The standard InChI is InChI=1S/C9H5NO2/c11-8-6-4-2-1-3-5-7(6)10-9(8)12/h2-5H,(H,10,12). The average Bonchev–Trinajstić information content (AvgIpc) is 2.30. The molecule has 0 saturated carbocycles. The van der Waals surface area contributed by atoms with Crippen molar-refractivity contribution in [1.82, 2.24) is 5.32 Å². The van der Waals surface area contributed by atoms with Crippen molar-refractivity contribution in [1.29, 1.82) is 0 Å². The Bertz CT molecular complexity index is 393. The third-order valence-corrected chi connectivity index (χ3v) is 1.68. The molecule has 0 aromatic heterocycles. The molecule has 2 rings (SSSR count). The van der Waals surface area contributed by atoms with E-state index in [-0.39, 0.29) is 0 Å². The molecule has 1 N–H and O–H groups in total. The number of Topliss-reactive ketones (excluding diaryl/α,β-unsaturated/α-hetero) is 1. The molecular formula is C9H5NO2. The minimum absolute atomic E-state index is 0.418. The van der Waals surface area contributed by atoms with Crippen LogP contribution < -0.4 is 5.32 Å². The fourth-order valence-electron chi connectivity index (χ4n) is 1.11. The first kappa shape index (κ1) is 6.83. The lowest BCUT2D eigenvalue weighted by Crippen LogP contribution is -2.17. The highest BCUT2D eigenvalue weighted by Gasteiger charge is 2.30. The quantitative estimate of drug-likeness (QED) is 0.406. The summed E-state index contributed by atoms with van der Waals surface area (Å²) in [4.78, 5) is 22.0. The van der Waals surface area contributed by atoms with E-state index in [9.17, 15) is 9.59 Å². The SMILES string of the molecule is O=C1NC2=CC=C=CC=C2C1=O. The lowest BCUT2D eigenvalue weighted by Gasteiger charge is -1.91. The number of nitrogens with one attached hydrogen (secondary N) is 1. The highest BCUT2D eigenvalue weighted by Crippen LogP contribution is 2.16. The first-order valence-corrected chi connectivity index (χ1v) is 3.48. The van der Waals surface area contributed by atoms with E-state index < -0.39 is 11.7 Å². The number of carbonyl (C=O) groups excluding carboxylic acids is 2. The average molecular weight is 159 g/mol. The van der Waals surface area contributed by atoms with Crippen LogP contribution in [0, 0.1) is 0 Å². The van der Waals surface area contributed by atoms with Crippen molar-refractivity contribution in [3.8, 4) is 0 Å². The van der Waals surface area contributed by atoms with Gasteiger partial charge in [-0.05, 0) is 24.3 Å². The molecule has 0 aromatic carbocycles. The second kappa shape index (κ2) is 2.32. The Balaban J connectivity index is 2.55. The summed E-state index contributed by atoms with van der Waals surface area (Å²) in [5, 5.41) is 2.46. The number of ketones is 1. The van der Waals surface area contributed by atoms with Crippen LogP contribution >= 0.6 is 0 Å². The molecule has 0 spiro atoms. The second-order valence-corrected chi connectivity index (χ2v) is 2.44. The van der Waals surface area contributed by atoms with Crippen LogP contribution in [0.15, 0.2) is 41.3 Å². The minimum atomic E-state index is -0.559. The van der Waals surface area contributed by atoms with Crippen molar-refractivity contribution >= 4 is 11.7 Å². The molecule has 2 aliphatic rings. The molecule has 0 aromatic rings. The molecule has 1 aliphatic carbocycles. The summed E-state index contributed by atoms with van der Waals surface area (Å²) in [5.41, 5.74) is 3.78. The van der Waals surface area contributed by atoms with Crippen molar-refractivity contribution in [2.45, 2.75) is 0 Å². The summed E-state index contributed by atoms with van der Waals surface area (Å²) in [6.07, 6.45) is 6.49. The van der Waals surface area contributed by atoms with E-state index in [1.54, 1.807) is 24.3 Å². The molecule has 1 amide bonds. The van der Waals surface area contributed by atoms with Gasteiger partial charge in [0.05, 0.1) is 11.3 Å². The van der Waals surface area contributed by atoms with Crippen LogP contribution in [0.5, 0.6) is 0 Å². The van der Waals surface area contributed by atoms with Crippen molar-refractivity contribution in [2.75, 3.05) is 0 Å². The molecule has 12 heavy (non-hydrogen) atoms. The predicted molar refractivity (Wildman–Crippen MR) is 42.0 cm³/mol. The molecule has 1 saturated heterocycles. The van der Waals surface area contributed by atoms with Gasteiger partial charge in [-0.25, -0.2) is 0 Å². The van der Waals surface area contributed by atoms with Gasteiger partial charge in [-0.15, -0.1) is 5.73 Å². The number of fused-ring (bicyclic) bond motifs is 1. The fourth-order valence-corrected chi connectivity index (χ4v) is 1.11. The summed E-state index contributed by atoms with van der Waals surface area (Å²) in [5.74, 6) is -1.04. The summed E-state index contributed by atoms with van der Waals surface area (Å²) in [6, 6.07) is 0. The van der Waals surface area contributed by atoms with Crippen molar-refractivity contribution < 1.29 is 9.59 Å². The van der Waals surface area contributed by atoms with Crippen LogP contribution in [0.25, 0.3) is 0 Å². The van der Waals surface area contributed by atoms with E-state index in [0.717, 1.165) is 0 Å². The van der Waals surface area contributed by atoms with E-state index in [1.807, 2.05) is 0 Å². The molecule has 3 heteroatoms. The summed E-state index contributed by atoms with van der Waals surface area (Å²) in [6.45, 7) is 0. The Labute approximate surface area is 68.8 Å². The third-order valence-electron chi connectivity index (χ3n) is 1.68. The number of hydrogen-bond acceptors (Lipinski definition) is 2. The maximum Gasteiger partial charge on any atom is 0.296 e. The zero-order valence-electron chi connectivity index (χ0n) is 6.13. The second-order valence-electron chi connectivity index (χ2n) is 2.44. The highest BCUT2D eigenvalue weighted by molar-refractivity contribution is 6.47. The summed E-state index contributed by atoms with van der Waals surface area (Å²) in [7, 11) is 0. The van der Waals surface area contributed by atoms with Gasteiger partial charge in [-0.3, -0.25) is 9.59 Å². The molecule has 1 aliphatic heterocycles. The lowest BCUT2D eigenvalue weighted by atomic mass is 10.1. The van der Waals surface area contributed by atoms with Crippen LogP contribution in [-0.2, 0) is 9.59 Å². The summed E-state index contributed by atoms with van der Waals surface area (Å²) >= 11 is 0. The Kier molecular flexibility index (Phi) is 1.32. The molecular weight excluding hydrogens is 154 g/mol. The van der Waals surface area contributed by atoms with Crippen LogP contribution in [0.2, 0.25) is 0 Å². The van der Waals surface area contributed by atoms with E-state index >= 15 is 0 Å². The highest BCUT2D eigenvalue weighted by atomic mass is 16.2. The Hall–Kier alpha value is -1.86. The molecule has 1 fully saturated rings. The van der Waals surface area contributed by atoms with E-state index in [4.69, 9.17) is 0 Å². The van der Waals surface area contributed by atoms with Gasteiger partial charge in [0, 0.05) is 0 Å². The van der Waals surface area contributed by atoms with Crippen LogP contribution in [0.3, 0.4) is 0 Å². The smallest absolute Gasteiger partial charge is 0.296 e. The van der Waals surface area contributed by atoms with Gasteiger partial charge in [-0.1, -0.05) is 0 Å². The molecule has 3 nitrogen and oxygen atoms in total. The third kappa shape index (κ3) is 0.847. The Morgan fingerprint density at radius 2 is 1.92 bits per heavy atom. The van der Waals surface area contributed by atoms with Crippen LogP contribution in [-0.4, -0.2) is 11.7 Å². The molecule has 1 heterocycles. The van der Waals surface area contributed by atoms with E-state index in [0.29, 0.717) is 11.3 Å². The van der Waals surface area contributed by atoms with Gasteiger partial charge in [0.25, 0.3) is 11.7 Å². The van der Waals surface area contributed by atoms with Crippen molar-refractivity contribution in [3.63, 3.8) is 0 Å². The maximum atomic E-state index is 11.1. The monoisotopic (exact) mass is 159 g/mol. The van der Waals surface area contributed by atoms with E-state index in [1.165, 1.54) is 0 Å². The van der Waals surface area contributed by atoms with Gasteiger partial charge in [0.1, 0.15) is 0 Å². The van der Waals surface area contributed by atoms with Gasteiger partial charge in [-0.2, -0.15) is 0 Å². The normalized spacial score (nSPS) is 19.7. The molecule has 0 atom stereocenters. The van der Waals surface area contributed by atoms with E-state index in [2.05, 4.69) is 11.0 Å². The summed E-state index contributed by atoms with van der Waals surface area (Å²) < 4.78 is 0. The van der Waals surface area contributed by atoms with Gasteiger partial charge in [0.2, 0.25) is 0 Å².